The van der Waals surface area contributed by atoms with Crippen molar-refractivity contribution in [2.75, 3.05) is 6.61 Å². The summed E-state index contributed by atoms with van der Waals surface area (Å²) in [5.41, 5.74) is 0.279. The first-order chi connectivity index (χ1) is 10.5. The summed E-state index contributed by atoms with van der Waals surface area (Å²) in [6.07, 6.45) is 4.47. The number of hydrogen-bond donors (Lipinski definition) is 2. The summed E-state index contributed by atoms with van der Waals surface area (Å²) in [6.45, 7) is 1.73. The Bertz CT molecular complexity index is 585. The number of aliphatic hydroxyl groups excluding tert-OH is 1. The fraction of sp³-hybridized carbons (Fsp3) is 0.412. The van der Waals surface area contributed by atoms with Crippen LogP contribution in [-0.4, -0.2) is 29.4 Å². The molecule has 1 aliphatic rings. The smallest absolute Gasteiger partial charge is 0.221 e. The van der Waals surface area contributed by atoms with Crippen molar-refractivity contribution in [2.45, 2.75) is 25.8 Å². The molecule has 2 rings (SSSR count). The van der Waals surface area contributed by atoms with Gasteiger partial charge in [-0.15, -0.1) is 0 Å². The Balaban J connectivity index is 1.86. The van der Waals surface area contributed by atoms with Gasteiger partial charge in [-0.1, -0.05) is 31.2 Å². The molecule has 3 atom stereocenters. The number of hydrogen-bond acceptors (Lipinski definition) is 3. The maximum Gasteiger partial charge on any atom is 0.221 e. The molecule has 0 heterocycles. The van der Waals surface area contributed by atoms with E-state index < -0.39 is 11.7 Å². The summed E-state index contributed by atoms with van der Waals surface area (Å²) in [6, 6.07) is 5.39. The summed E-state index contributed by atoms with van der Waals surface area (Å²) >= 11 is 0. The molecule has 4 nitrogen and oxygen atoms in total. The standard InChI is InChI=1S/C17H20FNO3/c1-11(17(22)13-3-2-4-14(18)9-13)7-16(21)19-15-6-5-12(8-15)10-20/h2-6,9,11-12,15,20H,7-8,10H2,1H3,(H,19,21)/t11?,12-,15+/m0/s1. The molecule has 1 amide bonds. The highest BCUT2D eigenvalue weighted by molar-refractivity contribution is 5.99. The normalized spacial score (nSPS) is 21.6. The molecule has 1 unspecified atom stereocenters. The van der Waals surface area contributed by atoms with E-state index in [0.717, 1.165) is 0 Å². The molecular weight excluding hydrogens is 285 g/mol. The maximum absolute atomic E-state index is 13.1. The first kappa shape index (κ1) is 16.4. The van der Waals surface area contributed by atoms with Crippen LogP contribution in [-0.2, 0) is 4.79 Å². The van der Waals surface area contributed by atoms with E-state index in [4.69, 9.17) is 5.11 Å². The van der Waals surface area contributed by atoms with Crippen molar-refractivity contribution in [3.63, 3.8) is 0 Å². The molecule has 0 aromatic heterocycles. The lowest BCUT2D eigenvalue weighted by Gasteiger charge is -2.15. The molecule has 0 saturated heterocycles. The van der Waals surface area contributed by atoms with Crippen LogP contribution in [0, 0.1) is 17.7 Å². The lowest BCUT2D eigenvalue weighted by atomic mass is 9.96. The Kier molecular flexibility index (Phi) is 5.44. The molecule has 0 fully saturated rings. The summed E-state index contributed by atoms with van der Waals surface area (Å²) in [7, 11) is 0. The number of ketones is 1. The van der Waals surface area contributed by atoms with Crippen molar-refractivity contribution in [2.24, 2.45) is 11.8 Å². The van der Waals surface area contributed by atoms with Gasteiger partial charge in [-0.25, -0.2) is 4.39 Å². The molecule has 1 aliphatic carbocycles. The largest absolute Gasteiger partial charge is 0.396 e. The average Bonchev–Trinajstić information content (AvgIpc) is 2.93. The number of aliphatic hydroxyl groups is 1. The van der Waals surface area contributed by atoms with Crippen LogP contribution < -0.4 is 5.32 Å². The van der Waals surface area contributed by atoms with E-state index in [1.54, 1.807) is 13.0 Å². The lowest BCUT2D eigenvalue weighted by Crippen LogP contribution is -2.34. The Morgan fingerprint density at radius 3 is 2.82 bits per heavy atom. The third-order valence-electron chi connectivity index (χ3n) is 3.80. The topological polar surface area (TPSA) is 66.4 Å². The number of nitrogens with one attached hydrogen (secondary N) is 1. The Labute approximate surface area is 129 Å². The zero-order chi connectivity index (χ0) is 16.1. The van der Waals surface area contributed by atoms with Crippen LogP contribution >= 0.6 is 0 Å². The van der Waals surface area contributed by atoms with Gasteiger partial charge in [-0.2, -0.15) is 0 Å². The van der Waals surface area contributed by atoms with Gasteiger partial charge in [-0.3, -0.25) is 9.59 Å². The summed E-state index contributed by atoms with van der Waals surface area (Å²) in [5.74, 6) is -1.36. The third-order valence-corrected chi connectivity index (χ3v) is 3.80. The molecule has 5 heteroatoms. The fourth-order valence-electron chi connectivity index (χ4n) is 2.58. The number of benzene rings is 1. The van der Waals surface area contributed by atoms with E-state index in [0.29, 0.717) is 6.42 Å². The third kappa shape index (κ3) is 4.24. The molecule has 1 aromatic rings. The van der Waals surface area contributed by atoms with E-state index in [2.05, 4.69) is 5.32 Å². The molecule has 0 aliphatic heterocycles. The van der Waals surface area contributed by atoms with Crippen LogP contribution in [0.1, 0.15) is 30.1 Å². The van der Waals surface area contributed by atoms with Crippen molar-refractivity contribution in [1.82, 2.24) is 5.32 Å². The van der Waals surface area contributed by atoms with E-state index in [1.165, 1.54) is 18.2 Å². The first-order valence-electron chi connectivity index (χ1n) is 7.38. The monoisotopic (exact) mass is 305 g/mol. The van der Waals surface area contributed by atoms with Crippen LogP contribution in [0.2, 0.25) is 0 Å². The second-order valence-electron chi connectivity index (χ2n) is 5.72. The quantitative estimate of drug-likeness (QED) is 0.625. The van der Waals surface area contributed by atoms with E-state index in [1.807, 2.05) is 12.2 Å². The summed E-state index contributed by atoms with van der Waals surface area (Å²) in [5, 5.41) is 11.9. The minimum Gasteiger partial charge on any atom is -0.396 e. The highest BCUT2D eigenvalue weighted by atomic mass is 19.1. The molecule has 0 spiro atoms. The van der Waals surface area contributed by atoms with Crippen LogP contribution in [0.15, 0.2) is 36.4 Å². The van der Waals surface area contributed by atoms with Gasteiger partial charge < -0.3 is 10.4 Å². The molecule has 1 aromatic carbocycles. The minimum atomic E-state index is -0.513. The number of carbonyl (C=O) groups is 2. The van der Waals surface area contributed by atoms with E-state index in [9.17, 15) is 14.0 Å². The lowest BCUT2D eigenvalue weighted by molar-refractivity contribution is -0.122. The zero-order valence-corrected chi connectivity index (χ0v) is 12.5. The zero-order valence-electron chi connectivity index (χ0n) is 12.5. The van der Waals surface area contributed by atoms with Gasteiger partial charge in [-0.05, 0) is 18.6 Å². The molecule has 0 bridgehead atoms. The Hall–Kier alpha value is -2.01. The number of carbonyl (C=O) groups excluding carboxylic acids is 2. The van der Waals surface area contributed by atoms with Crippen molar-refractivity contribution in [3.8, 4) is 0 Å². The van der Waals surface area contributed by atoms with Gasteiger partial charge in [0.15, 0.2) is 5.78 Å². The second-order valence-corrected chi connectivity index (χ2v) is 5.72. The van der Waals surface area contributed by atoms with Crippen molar-refractivity contribution < 1.29 is 19.1 Å². The molecular formula is C17H20FNO3. The predicted molar refractivity (Wildman–Crippen MR) is 80.8 cm³/mol. The van der Waals surface area contributed by atoms with Crippen LogP contribution in [0.4, 0.5) is 4.39 Å². The fourth-order valence-corrected chi connectivity index (χ4v) is 2.58. The molecule has 0 radical (unpaired) electrons. The minimum absolute atomic E-state index is 0.0590. The molecule has 22 heavy (non-hydrogen) atoms. The maximum atomic E-state index is 13.1. The van der Waals surface area contributed by atoms with E-state index >= 15 is 0 Å². The van der Waals surface area contributed by atoms with Gasteiger partial charge in [0.25, 0.3) is 0 Å². The van der Waals surface area contributed by atoms with Crippen molar-refractivity contribution in [3.05, 3.63) is 47.8 Å². The predicted octanol–water partition coefficient (Wildman–Crippen LogP) is 2.09. The van der Waals surface area contributed by atoms with Gasteiger partial charge >= 0.3 is 0 Å². The average molecular weight is 305 g/mol. The van der Waals surface area contributed by atoms with E-state index in [-0.39, 0.29) is 42.2 Å². The Morgan fingerprint density at radius 2 is 2.18 bits per heavy atom. The van der Waals surface area contributed by atoms with Crippen molar-refractivity contribution >= 4 is 11.7 Å². The highest BCUT2D eigenvalue weighted by Gasteiger charge is 2.23. The summed E-state index contributed by atoms with van der Waals surface area (Å²) < 4.78 is 13.1. The van der Waals surface area contributed by atoms with Gasteiger partial charge in [0, 0.05) is 36.5 Å². The van der Waals surface area contributed by atoms with Gasteiger partial charge in [0.05, 0.1) is 0 Å². The SMILES string of the molecule is CC(CC(=O)N[C@@H]1C=C[C@H](CO)C1)C(=O)c1cccc(F)c1. The van der Waals surface area contributed by atoms with Crippen LogP contribution in [0.3, 0.4) is 0 Å². The molecule has 0 saturated carbocycles. The number of halogens is 1. The first-order valence-corrected chi connectivity index (χ1v) is 7.38. The highest BCUT2D eigenvalue weighted by Crippen LogP contribution is 2.18. The number of amides is 1. The van der Waals surface area contributed by atoms with Gasteiger partial charge in [0.2, 0.25) is 5.91 Å². The number of Topliss-reactive ketones (excluding diaryl/α,β-unsaturated/α-hetero) is 1. The van der Waals surface area contributed by atoms with Crippen molar-refractivity contribution in [1.29, 1.82) is 0 Å². The van der Waals surface area contributed by atoms with Gasteiger partial charge in [0.1, 0.15) is 5.82 Å². The molecule has 118 valence electrons. The van der Waals surface area contributed by atoms with Crippen LogP contribution in [0.25, 0.3) is 0 Å². The Morgan fingerprint density at radius 1 is 1.41 bits per heavy atom. The summed E-state index contributed by atoms with van der Waals surface area (Å²) in [4.78, 5) is 24.1. The molecule has 2 N–H and O–H groups in total. The van der Waals surface area contributed by atoms with Crippen LogP contribution in [0.5, 0.6) is 0 Å². The number of rotatable bonds is 6. The second kappa shape index (κ2) is 7.31.